The predicted octanol–water partition coefficient (Wildman–Crippen LogP) is 2.42. The number of ether oxygens (including phenoxy) is 1. The fraction of sp³-hybridized carbons (Fsp3) is 0.500. The van der Waals surface area contributed by atoms with Crippen LogP contribution >= 0.6 is 39.7 Å². The van der Waals surface area contributed by atoms with Gasteiger partial charge in [0.25, 0.3) is 0 Å². The summed E-state index contributed by atoms with van der Waals surface area (Å²) < 4.78 is 6.76. The van der Waals surface area contributed by atoms with Gasteiger partial charge in [-0.05, 0) is 22.0 Å². The molecule has 0 unspecified atom stereocenters. The molecule has 1 aromatic rings. The lowest BCUT2D eigenvalue weighted by molar-refractivity contribution is 0.00887. The van der Waals surface area contributed by atoms with Crippen molar-refractivity contribution in [1.29, 1.82) is 0 Å². The standard InChI is InChI=1S/C8H10BrNOS.ClH/c9-6-1-8(12-5-6)4-11-7-2-10-3-7;/h1,5,7,10H,2-4H2;1H. The van der Waals surface area contributed by atoms with Gasteiger partial charge >= 0.3 is 0 Å². The van der Waals surface area contributed by atoms with Crippen LogP contribution in [-0.4, -0.2) is 19.2 Å². The van der Waals surface area contributed by atoms with E-state index in [1.807, 2.05) is 0 Å². The van der Waals surface area contributed by atoms with Crippen LogP contribution in [0.4, 0.5) is 0 Å². The Bertz CT molecular complexity index is 264. The summed E-state index contributed by atoms with van der Waals surface area (Å²) in [4.78, 5) is 1.29. The predicted molar refractivity (Wildman–Crippen MR) is 60.7 cm³/mol. The van der Waals surface area contributed by atoms with E-state index in [4.69, 9.17) is 4.74 Å². The highest BCUT2D eigenvalue weighted by atomic mass is 79.9. The van der Waals surface area contributed by atoms with Crippen molar-refractivity contribution in [3.05, 3.63) is 20.8 Å². The molecule has 1 fully saturated rings. The highest BCUT2D eigenvalue weighted by Crippen LogP contribution is 2.20. The molecule has 74 valence electrons. The summed E-state index contributed by atoms with van der Waals surface area (Å²) in [6, 6.07) is 2.11. The van der Waals surface area contributed by atoms with Crippen molar-refractivity contribution in [1.82, 2.24) is 5.32 Å². The van der Waals surface area contributed by atoms with Gasteiger partial charge in [-0.1, -0.05) is 0 Å². The maximum Gasteiger partial charge on any atom is 0.0828 e. The topological polar surface area (TPSA) is 21.3 Å². The van der Waals surface area contributed by atoms with Crippen LogP contribution in [0.25, 0.3) is 0 Å². The lowest BCUT2D eigenvalue weighted by atomic mass is 10.2. The Morgan fingerprint density at radius 1 is 1.62 bits per heavy atom. The summed E-state index contributed by atoms with van der Waals surface area (Å²) in [6.45, 7) is 2.77. The molecular formula is C8H11BrClNOS. The van der Waals surface area contributed by atoms with Gasteiger partial charge in [0, 0.05) is 27.8 Å². The van der Waals surface area contributed by atoms with Gasteiger partial charge in [0.15, 0.2) is 0 Å². The molecule has 1 aliphatic rings. The summed E-state index contributed by atoms with van der Waals surface area (Å²) in [6.07, 6.45) is 0.436. The Morgan fingerprint density at radius 3 is 2.85 bits per heavy atom. The van der Waals surface area contributed by atoms with E-state index in [0.717, 1.165) is 24.2 Å². The molecule has 1 saturated heterocycles. The van der Waals surface area contributed by atoms with Gasteiger partial charge in [0.1, 0.15) is 0 Å². The van der Waals surface area contributed by atoms with Crippen molar-refractivity contribution >= 4 is 39.7 Å². The molecule has 1 aliphatic heterocycles. The average molecular weight is 285 g/mol. The number of nitrogens with one attached hydrogen (secondary N) is 1. The first-order chi connectivity index (χ1) is 5.84. The lowest BCUT2D eigenvalue weighted by Gasteiger charge is -2.26. The normalized spacial score (nSPS) is 16.4. The second kappa shape index (κ2) is 5.32. The van der Waals surface area contributed by atoms with Crippen LogP contribution in [-0.2, 0) is 11.3 Å². The summed E-state index contributed by atoms with van der Waals surface area (Å²) in [5, 5.41) is 5.25. The van der Waals surface area contributed by atoms with Crippen molar-refractivity contribution < 1.29 is 4.74 Å². The average Bonchev–Trinajstić information content (AvgIpc) is 2.32. The molecule has 2 nitrogen and oxygen atoms in total. The van der Waals surface area contributed by atoms with E-state index in [0.29, 0.717) is 6.10 Å². The van der Waals surface area contributed by atoms with Crippen molar-refractivity contribution in [3.8, 4) is 0 Å². The van der Waals surface area contributed by atoms with Crippen LogP contribution < -0.4 is 5.32 Å². The third-order valence-electron chi connectivity index (χ3n) is 1.83. The number of halogens is 2. The van der Waals surface area contributed by atoms with Crippen LogP contribution in [0, 0.1) is 0 Å². The van der Waals surface area contributed by atoms with E-state index in [9.17, 15) is 0 Å². The summed E-state index contributed by atoms with van der Waals surface area (Å²) >= 11 is 5.15. The minimum absolute atomic E-state index is 0. The van der Waals surface area contributed by atoms with E-state index >= 15 is 0 Å². The van der Waals surface area contributed by atoms with E-state index in [1.54, 1.807) is 11.3 Å². The first-order valence-electron chi connectivity index (χ1n) is 3.90. The van der Waals surface area contributed by atoms with Crippen molar-refractivity contribution in [3.63, 3.8) is 0 Å². The Labute approximate surface area is 96.2 Å². The maximum absolute atomic E-state index is 5.60. The van der Waals surface area contributed by atoms with Crippen LogP contribution in [0.2, 0.25) is 0 Å². The third kappa shape index (κ3) is 3.22. The third-order valence-corrected chi connectivity index (χ3v) is 3.50. The van der Waals surface area contributed by atoms with E-state index in [1.165, 1.54) is 4.88 Å². The molecule has 0 saturated carbocycles. The highest BCUT2D eigenvalue weighted by molar-refractivity contribution is 9.10. The van der Waals surface area contributed by atoms with Gasteiger partial charge in [0.2, 0.25) is 0 Å². The molecule has 1 aromatic heterocycles. The van der Waals surface area contributed by atoms with Crippen molar-refractivity contribution in [2.24, 2.45) is 0 Å². The minimum atomic E-state index is 0. The number of hydrogen-bond acceptors (Lipinski definition) is 3. The largest absolute Gasteiger partial charge is 0.370 e. The number of rotatable bonds is 3. The van der Waals surface area contributed by atoms with Gasteiger partial charge in [-0.3, -0.25) is 0 Å². The minimum Gasteiger partial charge on any atom is -0.370 e. The second-order valence-electron chi connectivity index (χ2n) is 2.82. The van der Waals surface area contributed by atoms with Crippen LogP contribution in [0.3, 0.4) is 0 Å². The molecule has 0 spiro atoms. The molecule has 0 bridgehead atoms. The zero-order valence-corrected chi connectivity index (χ0v) is 10.2. The van der Waals surface area contributed by atoms with Crippen LogP contribution in [0.5, 0.6) is 0 Å². The maximum atomic E-state index is 5.60. The molecule has 0 atom stereocenters. The molecule has 1 N–H and O–H groups in total. The number of hydrogen-bond donors (Lipinski definition) is 1. The SMILES string of the molecule is Brc1csc(COC2CNC2)c1.Cl. The van der Waals surface area contributed by atoms with Gasteiger partial charge < -0.3 is 10.1 Å². The van der Waals surface area contributed by atoms with Crippen molar-refractivity contribution in [2.75, 3.05) is 13.1 Å². The Kier molecular flexibility index (Phi) is 4.69. The fourth-order valence-corrected chi connectivity index (χ4v) is 2.38. The molecule has 0 amide bonds. The van der Waals surface area contributed by atoms with E-state index in [2.05, 4.69) is 32.7 Å². The summed E-state index contributed by atoms with van der Waals surface area (Å²) in [5.41, 5.74) is 0. The highest BCUT2D eigenvalue weighted by Gasteiger charge is 2.16. The molecule has 2 rings (SSSR count). The molecule has 13 heavy (non-hydrogen) atoms. The van der Waals surface area contributed by atoms with E-state index in [-0.39, 0.29) is 12.4 Å². The van der Waals surface area contributed by atoms with Crippen LogP contribution in [0.1, 0.15) is 4.88 Å². The van der Waals surface area contributed by atoms with Gasteiger partial charge in [-0.2, -0.15) is 0 Å². The quantitative estimate of drug-likeness (QED) is 0.920. The van der Waals surface area contributed by atoms with Gasteiger partial charge in [-0.25, -0.2) is 0 Å². The number of thiophene rings is 1. The summed E-state index contributed by atoms with van der Waals surface area (Å²) in [7, 11) is 0. The Morgan fingerprint density at radius 2 is 2.38 bits per heavy atom. The Hall–Kier alpha value is 0.390. The summed E-state index contributed by atoms with van der Waals surface area (Å²) in [5.74, 6) is 0. The monoisotopic (exact) mass is 283 g/mol. The first-order valence-corrected chi connectivity index (χ1v) is 5.57. The smallest absolute Gasteiger partial charge is 0.0828 e. The van der Waals surface area contributed by atoms with E-state index < -0.39 is 0 Å². The van der Waals surface area contributed by atoms with Gasteiger partial charge in [0.05, 0.1) is 12.7 Å². The van der Waals surface area contributed by atoms with Gasteiger partial charge in [-0.15, -0.1) is 23.7 Å². The molecular weight excluding hydrogens is 274 g/mol. The Balaban J connectivity index is 0.000000845. The molecule has 0 aromatic carbocycles. The zero-order valence-electron chi connectivity index (χ0n) is 6.96. The van der Waals surface area contributed by atoms with Crippen molar-refractivity contribution in [2.45, 2.75) is 12.7 Å². The lowest BCUT2D eigenvalue weighted by Crippen LogP contribution is -2.48. The first kappa shape index (κ1) is 11.5. The molecule has 2 heterocycles. The molecule has 0 aliphatic carbocycles. The second-order valence-corrected chi connectivity index (χ2v) is 4.73. The zero-order chi connectivity index (χ0) is 8.39. The fourth-order valence-electron chi connectivity index (χ4n) is 1.01. The molecule has 0 radical (unpaired) electrons. The van der Waals surface area contributed by atoms with Crippen LogP contribution in [0.15, 0.2) is 15.9 Å². The molecule has 5 heteroatoms.